The highest BCUT2D eigenvalue weighted by Gasteiger charge is 2.19. The first kappa shape index (κ1) is 22.0. The van der Waals surface area contributed by atoms with Gasteiger partial charge in [-0.05, 0) is 36.5 Å². The lowest BCUT2D eigenvalue weighted by Gasteiger charge is -2.18. The maximum absolute atomic E-state index is 13.9. The van der Waals surface area contributed by atoms with E-state index in [0.717, 1.165) is 10.5 Å². The summed E-state index contributed by atoms with van der Waals surface area (Å²) in [7, 11) is 6.80. The van der Waals surface area contributed by atoms with Gasteiger partial charge < -0.3 is 24.4 Å². The summed E-state index contributed by atoms with van der Waals surface area (Å²) in [6.45, 7) is 1.19. The second-order valence-corrected chi connectivity index (χ2v) is 8.19. The van der Waals surface area contributed by atoms with Crippen LogP contribution in [0.4, 0.5) is 15.2 Å². The first-order valence-corrected chi connectivity index (χ1v) is 10.4. The molecule has 3 aromatic rings. The van der Waals surface area contributed by atoms with E-state index in [4.69, 9.17) is 26.4 Å². The number of halogens is 1. The van der Waals surface area contributed by atoms with E-state index in [1.54, 1.807) is 44.2 Å². The maximum atomic E-state index is 13.9. The molecule has 2 aromatic carbocycles. The number of nitrogens with zero attached hydrogens (tertiary/aromatic N) is 2. The molecule has 1 heterocycles. The van der Waals surface area contributed by atoms with Crippen molar-refractivity contribution in [2.45, 2.75) is 13.2 Å². The molecule has 0 aliphatic rings. The molecule has 0 saturated carbocycles. The minimum Gasteiger partial charge on any atom is -0.493 e. The number of rotatable bonds is 9. The third kappa shape index (κ3) is 4.89. The molecule has 0 fully saturated rings. The normalized spacial score (nSPS) is 11.8. The fourth-order valence-electron chi connectivity index (χ4n) is 3.07. The Morgan fingerprint density at radius 2 is 1.83 bits per heavy atom. The van der Waals surface area contributed by atoms with E-state index in [1.807, 2.05) is 19.2 Å². The van der Waals surface area contributed by atoms with Crippen LogP contribution in [0.3, 0.4) is 0 Å². The third-order valence-electron chi connectivity index (χ3n) is 4.42. The Morgan fingerprint density at radius 1 is 1.10 bits per heavy atom. The molecule has 3 rings (SSSR count). The van der Waals surface area contributed by atoms with E-state index in [1.165, 1.54) is 17.4 Å². The van der Waals surface area contributed by atoms with E-state index >= 15 is 0 Å². The molecule has 1 atom stereocenters. The third-order valence-corrected chi connectivity index (χ3v) is 5.64. The molecule has 0 spiro atoms. The second kappa shape index (κ2) is 9.88. The van der Waals surface area contributed by atoms with Crippen molar-refractivity contribution < 1.29 is 23.5 Å². The fourth-order valence-corrected chi connectivity index (χ4v) is 4.09. The Morgan fingerprint density at radius 3 is 2.50 bits per heavy atom. The van der Waals surface area contributed by atoms with Crippen LogP contribution in [0.2, 0.25) is 0 Å². The standard InChI is InChI=1S/C20H23FN4O3S2/c1-24(11-13-9-10-16(26-2)18(28-4)17(13)27-3)12-25-20(29)30-19(23-25)22-15-8-6-5-7-14(15)21/h5-10H,11-12H2,1-4H3,(H,22,23)/p+1. The fraction of sp³-hybridized carbons (Fsp3) is 0.300. The molecular weight excluding hydrogens is 427 g/mol. The molecule has 0 bridgehead atoms. The Kier molecular flexibility index (Phi) is 7.24. The summed E-state index contributed by atoms with van der Waals surface area (Å²) in [5.74, 6) is 1.47. The largest absolute Gasteiger partial charge is 0.493 e. The Labute approximate surface area is 183 Å². The summed E-state index contributed by atoms with van der Waals surface area (Å²) in [5, 5.41) is 8.02. The zero-order valence-corrected chi connectivity index (χ0v) is 18.8. The molecule has 0 aliphatic heterocycles. The van der Waals surface area contributed by atoms with Crippen molar-refractivity contribution in [2.24, 2.45) is 0 Å². The molecule has 10 heteroatoms. The number of methoxy groups -OCH3 is 3. The van der Waals surface area contributed by atoms with Crippen LogP contribution in [0.1, 0.15) is 5.56 Å². The van der Waals surface area contributed by atoms with E-state index in [-0.39, 0.29) is 5.82 Å². The molecule has 2 N–H and O–H groups in total. The summed E-state index contributed by atoms with van der Waals surface area (Å²) in [6, 6.07) is 10.3. The topological polar surface area (TPSA) is 62.0 Å². The maximum Gasteiger partial charge on any atom is 0.209 e. The van der Waals surface area contributed by atoms with Gasteiger partial charge in [0.05, 0.1) is 39.6 Å². The van der Waals surface area contributed by atoms with Crippen LogP contribution in [-0.4, -0.2) is 38.2 Å². The van der Waals surface area contributed by atoms with Crippen molar-refractivity contribution in [1.29, 1.82) is 0 Å². The summed E-state index contributed by atoms with van der Waals surface area (Å²) >= 11 is 6.74. The van der Waals surface area contributed by atoms with Crippen molar-refractivity contribution in [1.82, 2.24) is 9.78 Å². The lowest BCUT2D eigenvalue weighted by molar-refractivity contribution is -0.917. The molecule has 1 aromatic heterocycles. The highest BCUT2D eigenvalue weighted by atomic mass is 32.1. The van der Waals surface area contributed by atoms with Gasteiger partial charge in [-0.15, -0.1) is 5.10 Å². The van der Waals surface area contributed by atoms with Crippen molar-refractivity contribution in [3.05, 3.63) is 51.7 Å². The number of hydrogen-bond donors (Lipinski definition) is 2. The number of aromatic nitrogens is 2. The zero-order valence-electron chi connectivity index (χ0n) is 17.2. The first-order chi connectivity index (χ1) is 14.5. The van der Waals surface area contributed by atoms with E-state index < -0.39 is 0 Å². The van der Waals surface area contributed by atoms with Crippen LogP contribution in [0.15, 0.2) is 36.4 Å². The highest BCUT2D eigenvalue weighted by molar-refractivity contribution is 7.73. The van der Waals surface area contributed by atoms with Crippen LogP contribution in [0.5, 0.6) is 17.2 Å². The number of hydrogen-bond acceptors (Lipinski definition) is 7. The molecule has 0 amide bonds. The summed E-state index contributed by atoms with van der Waals surface area (Å²) in [6.07, 6.45) is 0. The monoisotopic (exact) mass is 451 g/mol. The van der Waals surface area contributed by atoms with Gasteiger partial charge in [0.15, 0.2) is 22.1 Å². The number of anilines is 2. The minimum absolute atomic E-state index is 0.339. The van der Waals surface area contributed by atoms with E-state index in [9.17, 15) is 4.39 Å². The van der Waals surface area contributed by atoms with Gasteiger partial charge >= 0.3 is 0 Å². The molecule has 30 heavy (non-hydrogen) atoms. The zero-order chi connectivity index (χ0) is 21.7. The number of nitrogens with one attached hydrogen (secondary N) is 2. The van der Waals surface area contributed by atoms with Crippen LogP contribution in [0.25, 0.3) is 0 Å². The summed E-state index contributed by atoms with van der Waals surface area (Å²) < 4.78 is 32.6. The smallest absolute Gasteiger partial charge is 0.209 e. The predicted molar refractivity (Wildman–Crippen MR) is 117 cm³/mol. The van der Waals surface area contributed by atoms with Gasteiger partial charge in [-0.3, -0.25) is 0 Å². The van der Waals surface area contributed by atoms with Crippen LogP contribution in [0, 0.1) is 9.77 Å². The molecule has 7 nitrogen and oxygen atoms in total. The van der Waals surface area contributed by atoms with E-state index in [2.05, 4.69) is 10.4 Å². The number of ether oxygens (including phenoxy) is 3. The molecule has 0 saturated heterocycles. The Bertz CT molecular complexity index is 1070. The van der Waals surface area contributed by atoms with Crippen LogP contribution < -0.4 is 24.4 Å². The van der Waals surface area contributed by atoms with Crippen LogP contribution >= 0.6 is 23.6 Å². The van der Waals surface area contributed by atoms with Crippen molar-refractivity contribution in [2.75, 3.05) is 33.7 Å². The Balaban J connectivity index is 1.74. The lowest BCUT2D eigenvalue weighted by atomic mass is 10.1. The van der Waals surface area contributed by atoms with Gasteiger partial charge in [0.25, 0.3) is 0 Å². The summed E-state index contributed by atoms with van der Waals surface area (Å²) in [4.78, 5) is 1.12. The van der Waals surface area contributed by atoms with Crippen LogP contribution in [-0.2, 0) is 13.2 Å². The molecule has 0 aliphatic carbocycles. The molecule has 160 valence electrons. The first-order valence-electron chi connectivity index (χ1n) is 9.15. The van der Waals surface area contributed by atoms with Gasteiger partial charge in [0.1, 0.15) is 12.4 Å². The molecular formula is C20H24FN4O3S2+. The van der Waals surface area contributed by atoms with Gasteiger partial charge in [-0.2, -0.15) is 4.68 Å². The van der Waals surface area contributed by atoms with Crippen molar-refractivity contribution in [3.63, 3.8) is 0 Å². The quantitative estimate of drug-likeness (QED) is 0.487. The summed E-state index contributed by atoms with van der Waals surface area (Å²) in [5.41, 5.74) is 1.34. The van der Waals surface area contributed by atoms with Crippen molar-refractivity contribution >= 4 is 34.4 Å². The van der Waals surface area contributed by atoms with Gasteiger partial charge in [0.2, 0.25) is 10.9 Å². The molecule has 1 unspecified atom stereocenters. The average Bonchev–Trinajstić information content (AvgIpc) is 3.07. The Hall–Kier alpha value is -2.69. The predicted octanol–water partition coefficient (Wildman–Crippen LogP) is 3.25. The molecule has 0 radical (unpaired) electrons. The highest BCUT2D eigenvalue weighted by Crippen LogP contribution is 2.39. The van der Waals surface area contributed by atoms with Gasteiger partial charge in [-0.25, -0.2) is 4.39 Å². The second-order valence-electron chi connectivity index (χ2n) is 6.56. The SMILES string of the molecule is COc1ccc(C[NH+](C)Cn2nc(Nc3ccccc3F)sc2=S)c(OC)c1OC. The lowest BCUT2D eigenvalue weighted by Crippen LogP contribution is -3.07. The number of quaternary nitrogens is 1. The average molecular weight is 452 g/mol. The number of para-hydroxylation sites is 1. The van der Waals surface area contributed by atoms with E-state index in [0.29, 0.717) is 45.2 Å². The minimum atomic E-state index is -0.339. The van der Waals surface area contributed by atoms with Gasteiger partial charge in [0, 0.05) is 0 Å². The van der Waals surface area contributed by atoms with Crippen molar-refractivity contribution in [3.8, 4) is 17.2 Å². The van der Waals surface area contributed by atoms with Gasteiger partial charge in [-0.1, -0.05) is 23.5 Å². The number of benzene rings is 2.